The fourth-order valence-electron chi connectivity index (χ4n) is 3.64. The average Bonchev–Trinajstić information content (AvgIpc) is 2.71. The van der Waals surface area contributed by atoms with Gasteiger partial charge in [-0.1, -0.05) is 24.3 Å². The Hall–Kier alpha value is -2.75. The number of aryl methyl sites for hydroxylation is 1. The van der Waals surface area contributed by atoms with Crippen molar-refractivity contribution in [2.45, 2.75) is 37.3 Å². The lowest BCUT2D eigenvalue weighted by Gasteiger charge is -2.33. The third-order valence-corrected chi connectivity index (χ3v) is 5.28. The summed E-state index contributed by atoms with van der Waals surface area (Å²) in [5.74, 6) is -0.475. The summed E-state index contributed by atoms with van der Waals surface area (Å²) in [6.45, 7) is 0.864. The first kappa shape index (κ1) is 22.9. The summed E-state index contributed by atoms with van der Waals surface area (Å²) in [5, 5.41) is 9.49. The Balaban J connectivity index is 1.85. The molecule has 168 valence electrons. The molecule has 0 radical (unpaired) electrons. The molecule has 0 spiro atoms. The van der Waals surface area contributed by atoms with E-state index in [-0.39, 0.29) is 6.54 Å². The zero-order chi connectivity index (χ0) is 23.0. The second-order valence-electron chi connectivity index (χ2n) is 7.26. The van der Waals surface area contributed by atoms with E-state index in [2.05, 4.69) is 0 Å². The molecule has 0 unspecified atom stereocenters. The summed E-state index contributed by atoms with van der Waals surface area (Å²) in [6.07, 6.45) is -10.4. The molecule has 4 nitrogen and oxygen atoms in total. The van der Waals surface area contributed by atoms with Crippen molar-refractivity contribution in [3.63, 3.8) is 0 Å². The van der Waals surface area contributed by atoms with E-state index in [0.717, 1.165) is 36.2 Å². The van der Waals surface area contributed by atoms with Crippen LogP contribution in [0.4, 0.5) is 32.0 Å². The number of benzene rings is 2. The van der Waals surface area contributed by atoms with Gasteiger partial charge in [-0.3, -0.25) is 0 Å². The van der Waals surface area contributed by atoms with Gasteiger partial charge in [-0.05, 0) is 42.2 Å². The van der Waals surface area contributed by atoms with Gasteiger partial charge in [0.2, 0.25) is 0 Å². The zero-order valence-electron chi connectivity index (χ0n) is 16.3. The number of carbonyl (C=O) groups is 1. The molecule has 1 heterocycles. The molecule has 1 aliphatic heterocycles. The summed E-state index contributed by atoms with van der Waals surface area (Å²) < 4.78 is 82.9. The topological polar surface area (TPSA) is 49.8 Å². The summed E-state index contributed by atoms with van der Waals surface area (Å²) in [4.78, 5) is 13.6. The Labute approximate surface area is 174 Å². The minimum Gasteiger partial charge on any atom is -0.465 e. The first-order chi connectivity index (χ1) is 14.4. The van der Waals surface area contributed by atoms with E-state index < -0.39 is 29.5 Å². The van der Waals surface area contributed by atoms with E-state index in [1.165, 1.54) is 7.11 Å². The highest BCUT2D eigenvalue weighted by Crippen LogP contribution is 2.50. The number of alkyl halides is 6. The molecule has 3 rings (SSSR count). The number of hydrogen-bond donors (Lipinski definition) is 1. The highest BCUT2D eigenvalue weighted by molar-refractivity contribution is 5.90. The number of halogens is 6. The van der Waals surface area contributed by atoms with Crippen molar-refractivity contribution in [1.82, 2.24) is 0 Å². The van der Waals surface area contributed by atoms with Crippen molar-refractivity contribution in [3.05, 3.63) is 64.7 Å². The largest absolute Gasteiger partial charge is 0.465 e. The number of carbonyl (C=O) groups excluding carboxylic acids is 1. The van der Waals surface area contributed by atoms with Gasteiger partial charge in [-0.15, -0.1) is 0 Å². The number of esters is 1. The van der Waals surface area contributed by atoms with Crippen molar-refractivity contribution < 1.29 is 41.0 Å². The van der Waals surface area contributed by atoms with Gasteiger partial charge in [-0.25, -0.2) is 4.79 Å². The number of methoxy groups -OCH3 is 1. The maximum absolute atomic E-state index is 13.0. The molecule has 2 aromatic carbocycles. The predicted molar refractivity (Wildman–Crippen MR) is 99.6 cm³/mol. The molecule has 10 heteroatoms. The fourth-order valence-corrected chi connectivity index (χ4v) is 3.64. The Morgan fingerprint density at radius 1 is 1.03 bits per heavy atom. The van der Waals surface area contributed by atoms with Gasteiger partial charge in [0.1, 0.15) is 0 Å². The smallest absolute Gasteiger partial charge is 0.430 e. The first-order valence-corrected chi connectivity index (χ1v) is 9.30. The van der Waals surface area contributed by atoms with Crippen LogP contribution in [0.1, 0.15) is 33.5 Å². The fraction of sp³-hybridized carbons (Fsp3) is 0.381. The predicted octanol–water partition coefficient (Wildman–Crippen LogP) is 4.74. The number of ether oxygens (including phenoxy) is 1. The normalized spacial score (nSPS) is 14.9. The summed E-state index contributed by atoms with van der Waals surface area (Å²) in [5.41, 5.74) is -3.65. The van der Waals surface area contributed by atoms with Crippen molar-refractivity contribution in [1.29, 1.82) is 0 Å². The molecule has 0 fully saturated rings. The van der Waals surface area contributed by atoms with E-state index >= 15 is 0 Å². The van der Waals surface area contributed by atoms with Crippen LogP contribution in [0.3, 0.4) is 0 Å². The molecular weight excluding hydrogens is 428 g/mol. The third-order valence-electron chi connectivity index (χ3n) is 5.28. The minimum atomic E-state index is -5.92. The van der Waals surface area contributed by atoms with Gasteiger partial charge < -0.3 is 14.7 Å². The molecule has 0 aliphatic carbocycles. The van der Waals surface area contributed by atoms with Gasteiger partial charge in [0, 0.05) is 24.3 Å². The van der Waals surface area contributed by atoms with Crippen LogP contribution in [0, 0.1) is 0 Å². The van der Waals surface area contributed by atoms with Crippen LogP contribution in [0.25, 0.3) is 0 Å². The lowest BCUT2D eigenvalue weighted by Crippen LogP contribution is -2.53. The summed E-state index contributed by atoms with van der Waals surface area (Å²) in [7, 11) is 1.27. The van der Waals surface area contributed by atoms with Crippen molar-refractivity contribution >= 4 is 11.7 Å². The van der Waals surface area contributed by atoms with Gasteiger partial charge >= 0.3 is 18.3 Å². The lowest BCUT2D eigenvalue weighted by molar-refractivity contribution is -0.376. The number of nitrogens with zero attached hydrogens (tertiary/aromatic N) is 1. The number of fused-ring (bicyclic) bond motifs is 1. The molecular formula is C21H19F6NO3. The standard InChI is InChI=1S/C21H19F6NO3/c1-31-18(29)15-6-9-17-14(11-15)3-2-10-28(17)12-13-4-7-16(8-5-13)19(30,20(22,23)24)21(25,26)27/h4-9,11,30H,2-3,10,12H2,1H3. The van der Waals surface area contributed by atoms with E-state index in [4.69, 9.17) is 4.74 Å². The van der Waals surface area contributed by atoms with Crippen LogP contribution < -0.4 is 4.90 Å². The quantitative estimate of drug-likeness (QED) is 0.544. The molecule has 0 amide bonds. The van der Waals surface area contributed by atoms with Crippen LogP contribution in [-0.4, -0.2) is 37.1 Å². The highest BCUT2D eigenvalue weighted by atomic mass is 19.4. The van der Waals surface area contributed by atoms with Gasteiger partial charge in [0.25, 0.3) is 5.60 Å². The molecule has 31 heavy (non-hydrogen) atoms. The zero-order valence-corrected chi connectivity index (χ0v) is 16.3. The van der Waals surface area contributed by atoms with Crippen LogP contribution in [-0.2, 0) is 23.3 Å². The van der Waals surface area contributed by atoms with Crippen LogP contribution >= 0.6 is 0 Å². The second kappa shape index (κ2) is 8.07. The van der Waals surface area contributed by atoms with E-state index in [1.54, 1.807) is 18.2 Å². The van der Waals surface area contributed by atoms with Crippen molar-refractivity contribution in [2.24, 2.45) is 0 Å². The maximum atomic E-state index is 13.0. The number of hydrogen-bond acceptors (Lipinski definition) is 4. The first-order valence-electron chi connectivity index (χ1n) is 9.30. The maximum Gasteiger partial charge on any atom is 0.430 e. The monoisotopic (exact) mass is 447 g/mol. The van der Waals surface area contributed by atoms with Crippen molar-refractivity contribution in [3.8, 4) is 0 Å². The molecule has 0 saturated heterocycles. The molecule has 1 N–H and O–H groups in total. The molecule has 0 atom stereocenters. The molecule has 0 saturated carbocycles. The average molecular weight is 447 g/mol. The minimum absolute atomic E-state index is 0.237. The lowest BCUT2D eigenvalue weighted by atomic mass is 9.91. The molecule has 1 aliphatic rings. The van der Waals surface area contributed by atoms with E-state index in [9.17, 15) is 36.2 Å². The number of aliphatic hydroxyl groups is 1. The van der Waals surface area contributed by atoms with E-state index in [0.29, 0.717) is 29.8 Å². The number of anilines is 1. The second-order valence-corrected chi connectivity index (χ2v) is 7.26. The van der Waals surface area contributed by atoms with Crippen LogP contribution in [0.15, 0.2) is 42.5 Å². The summed E-state index contributed by atoms with van der Waals surface area (Å²) in [6, 6.07) is 8.59. The SMILES string of the molecule is COC(=O)c1ccc2c(c1)CCCN2Cc1ccc(C(O)(C(F)(F)F)C(F)(F)F)cc1. The third kappa shape index (κ3) is 4.21. The van der Waals surface area contributed by atoms with Gasteiger partial charge in [0.05, 0.1) is 12.7 Å². The molecule has 0 bridgehead atoms. The number of rotatable bonds is 4. The van der Waals surface area contributed by atoms with Crippen LogP contribution in [0.2, 0.25) is 0 Å². The summed E-state index contributed by atoms with van der Waals surface area (Å²) >= 11 is 0. The van der Waals surface area contributed by atoms with Gasteiger partial charge in [-0.2, -0.15) is 26.3 Å². The highest BCUT2D eigenvalue weighted by Gasteiger charge is 2.71. The molecule has 2 aromatic rings. The van der Waals surface area contributed by atoms with E-state index in [1.807, 2.05) is 4.90 Å². The van der Waals surface area contributed by atoms with Gasteiger partial charge in [0.15, 0.2) is 0 Å². The Morgan fingerprint density at radius 3 is 2.19 bits per heavy atom. The Morgan fingerprint density at radius 2 is 1.65 bits per heavy atom. The Kier molecular flexibility index (Phi) is 5.96. The van der Waals surface area contributed by atoms with Crippen molar-refractivity contribution in [2.75, 3.05) is 18.6 Å². The van der Waals surface area contributed by atoms with Crippen LogP contribution in [0.5, 0.6) is 0 Å². The molecule has 0 aromatic heterocycles. The Bertz CT molecular complexity index is 939.